The second kappa shape index (κ2) is 6.08. The number of rotatable bonds is 3. The number of hydrogen-bond donors (Lipinski definition) is 1. The Hall–Kier alpha value is -0.880. The summed E-state index contributed by atoms with van der Waals surface area (Å²) in [5.41, 5.74) is 1.58. The van der Waals surface area contributed by atoms with E-state index in [9.17, 15) is 0 Å². The van der Waals surface area contributed by atoms with Gasteiger partial charge in [-0.3, -0.25) is 4.90 Å². The molecule has 2 aliphatic heterocycles. The third kappa shape index (κ3) is 3.01. The highest BCUT2D eigenvalue weighted by atomic mass is 35.5. The first kappa shape index (κ1) is 15.0. The van der Waals surface area contributed by atoms with Crippen molar-refractivity contribution in [3.05, 3.63) is 29.3 Å². The highest BCUT2D eigenvalue weighted by Gasteiger charge is 2.40. The molecule has 1 N–H and O–H groups in total. The van der Waals surface area contributed by atoms with Crippen LogP contribution in [0.4, 0.5) is 0 Å². The van der Waals surface area contributed by atoms with Gasteiger partial charge in [-0.1, -0.05) is 11.2 Å². The molecule has 2 aromatic heterocycles. The fraction of sp³-hybridized carbons (Fsp3) is 0.533. The van der Waals surface area contributed by atoms with Crippen molar-refractivity contribution in [2.24, 2.45) is 5.41 Å². The zero-order valence-electron chi connectivity index (χ0n) is 11.9. The average Bonchev–Trinajstić information content (AvgIpc) is 3.21. The largest absolute Gasteiger partial charge is 0.355 e. The molecular formula is C15H20ClN3OS. The smallest absolute Gasteiger partial charge is 0.177 e. The summed E-state index contributed by atoms with van der Waals surface area (Å²) in [6.45, 7) is 5.66. The van der Waals surface area contributed by atoms with Gasteiger partial charge in [-0.2, -0.15) is 0 Å². The Morgan fingerprint density at radius 3 is 3.14 bits per heavy atom. The number of aromatic nitrogens is 1. The molecule has 2 saturated heterocycles. The minimum absolute atomic E-state index is 0. The van der Waals surface area contributed by atoms with Crippen LogP contribution in [-0.2, 0) is 6.54 Å². The molecule has 0 saturated carbocycles. The van der Waals surface area contributed by atoms with Crippen molar-refractivity contribution in [2.75, 3.05) is 26.2 Å². The maximum absolute atomic E-state index is 5.46. The van der Waals surface area contributed by atoms with Gasteiger partial charge >= 0.3 is 0 Å². The summed E-state index contributed by atoms with van der Waals surface area (Å²) in [5, 5.41) is 9.79. The SMILES string of the molecule is Cl.c1csc(-c2cc(CN3CCC4(CCNC4)C3)no2)c1. The van der Waals surface area contributed by atoms with Crippen molar-refractivity contribution in [3.63, 3.8) is 0 Å². The van der Waals surface area contributed by atoms with Gasteiger partial charge in [0.05, 0.1) is 10.6 Å². The molecule has 1 atom stereocenters. The predicted octanol–water partition coefficient (Wildman–Crippen LogP) is 3.01. The lowest BCUT2D eigenvalue weighted by Crippen LogP contribution is -2.29. The number of hydrogen-bond acceptors (Lipinski definition) is 5. The summed E-state index contributed by atoms with van der Waals surface area (Å²) in [5.74, 6) is 0.895. The summed E-state index contributed by atoms with van der Waals surface area (Å²) in [7, 11) is 0. The van der Waals surface area contributed by atoms with Crippen molar-refractivity contribution >= 4 is 23.7 Å². The van der Waals surface area contributed by atoms with Crippen LogP contribution >= 0.6 is 23.7 Å². The van der Waals surface area contributed by atoms with E-state index in [1.807, 2.05) is 6.07 Å². The van der Waals surface area contributed by atoms with Crippen molar-refractivity contribution in [2.45, 2.75) is 19.4 Å². The fourth-order valence-corrected chi connectivity index (χ4v) is 4.13. The van der Waals surface area contributed by atoms with E-state index in [1.165, 1.54) is 39.0 Å². The zero-order valence-corrected chi connectivity index (χ0v) is 13.5. The molecule has 6 heteroatoms. The predicted molar refractivity (Wildman–Crippen MR) is 86.9 cm³/mol. The molecule has 0 bridgehead atoms. The third-order valence-electron chi connectivity index (χ3n) is 4.56. The van der Waals surface area contributed by atoms with E-state index < -0.39 is 0 Å². The minimum Gasteiger partial charge on any atom is -0.355 e. The van der Waals surface area contributed by atoms with Crippen LogP contribution in [0.2, 0.25) is 0 Å². The molecule has 2 aromatic rings. The Morgan fingerprint density at radius 2 is 2.38 bits per heavy atom. The van der Waals surface area contributed by atoms with E-state index >= 15 is 0 Å². The summed E-state index contributed by atoms with van der Waals surface area (Å²) in [6.07, 6.45) is 2.64. The van der Waals surface area contributed by atoms with Gasteiger partial charge in [0, 0.05) is 25.7 Å². The van der Waals surface area contributed by atoms with Crippen LogP contribution < -0.4 is 5.32 Å². The summed E-state index contributed by atoms with van der Waals surface area (Å²) in [6, 6.07) is 6.20. The summed E-state index contributed by atoms with van der Waals surface area (Å²) < 4.78 is 5.46. The van der Waals surface area contributed by atoms with Crippen LogP contribution in [0.5, 0.6) is 0 Å². The average molecular weight is 326 g/mol. The molecule has 0 radical (unpaired) electrons. The van der Waals surface area contributed by atoms with Crippen LogP contribution in [0.15, 0.2) is 28.1 Å². The van der Waals surface area contributed by atoms with E-state index in [4.69, 9.17) is 4.52 Å². The molecule has 0 amide bonds. The van der Waals surface area contributed by atoms with Crippen LogP contribution in [0.1, 0.15) is 18.5 Å². The molecule has 0 aromatic carbocycles. The van der Waals surface area contributed by atoms with Crippen molar-refractivity contribution in [1.82, 2.24) is 15.4 Å². The van der Waals surface area contributed by atoms with Gasteiger partial charge in [-0.15, -0.1) is 23.7 Å². The Labute approximate surface area is 134 Å². The standard InChI is InChI=1S/C15H19N3OS.ClH/c1-2-14(20-7-1)13-8-12(17-19-13)9-18-6-4-15(11-18)3-5-16-10-15;/h1-2,7-8,16H,3-6,9-11H2;1H. The zero-order chi connectivity index (χ0) is 13.4. The molecule has 1 unspecified atom stereocenters. The highest BCUT2D eigenvalue weighted by Crippen LogP contribution is 2.36. The molecule has 4 nitrogen and oxygen atoms in total. The van der Waals surface area contributed by atoms with Crippen LogP contribution in [0, 0.1) is 5.41 Å². The minimum atomic E-state index is 0. The van der Waals surface area contributed by atoms with Gasteiger partial charge in [-0.05, 0) is 42.8 Å². The summed E-state index contributed by atoms with van der Waals surface area (Å²) in [4.78, 5) is 3.67. The molecule has 2 fully saturated rings. The van der Waals surface area contributed by atoms with Gasteiger partial charge < -0.3 is 9.84 Å². The van der Waals surface area contributed by atoms with E-state index in [0.717, 1.165) is 22.9 Å². The number of likely N-dealkylation sites (tertiary alicyclic amines) is 1. The van der Waals surface area contributed by atoms with E-state index in [2.05, 4.69) is 32.9 Å². The molecule has 0 aliphatic carbocycles. The van der Waals surface area contributed by atoms with Gasteiger partial charge in [0.2, 0.25) is 0 Å². The van der Waals surface area contributed by atoms with Crippen molar-refractivity contribution in [1.29, 1.82) is 0 Å². The summed E-state index contributed by atoms with van der Waals surface area (Å²) >= 11 is 1.69. The van der Waals surface area contributed by atoms with Gasteiger partial charge in [0.15, 0.2) is 5.76 Å². The van der Waals surface area contributed by atoms with Gasteiger partial charge in [0.1, 0.15) is 0 Å². The maximum Gasteiger partial charge on any atom is 0.177 e. The normalized spacial score (nSPS) is 25.5. The third-order valence-corrected chi connectivity index (χ3v) is 5.44. The molecule has 2 aliphatic rings. The first-order chi connectivity index (χ1) is 9.83. The molecule has 4 rings (SSSR count). The topological polar surface area (TPSA) is 41.3 Å². The number of nitrogens with zero attached hydrogens (tertiary/aromatic N) is 2. The lowest BCUT2D eigenvalue weighted by Gasteiger charge is -2.22. The Bertz CT molecular complexity index is 578. The monoisotopic (exact) mass is 325 g/mol. The number of nitrogens with one attached hydrogen (secondary N) is 1. The van der Waals surface area contributed by atoms with Crippen LogP contribution in [0.3, 0.4) is 0 Å². The van der Waals surface area contributed by atoms with Crippen LogP contribution in [0.25, 0.3) is 10.6 Å². The van der Waals surface area contributed by atoms with Crippen molar-refractivity contribution in [3.8, 4) is 10.6 Å². The van der Waals surface area contributed by atoms with E-state index in [1.54, 1.807) is 11.3 Å². The van der Waals surface area contributed by atoms with Gasteiger partial charge in [-0.25, -0.2) is 0 Å². The molecule has 114 valence electrons. The van der Waals surface area contributed by atoms with E-state index in [-0.39, 0.29) is 12.4 Å². The van der Waals surface area contributed by atoms with E-state index in [0.29, 0.717) is 5.41 Å². The lowest BCUT2D eigenvalue weighted by molar-refractivity contribution is 0.262. The molecule has 4 heterocycles. The maximum atomic E-state index is 5.46. The lowest BCUT2D eigenvalue weighted by atomic mass is 9.87. The molecule has 1 spiro atoms. The first-order valence-electron chi connectivity index (χ1n) is 7.26. The number of thiophene rings is 1. The first-order valence-corrected chi connectivity index (χ1v) is 8.14. The Balaban J connectivity index is 0.00000132. The fourth-order valence-electron chi connectivity index (χ4n) is 3.46. The van der Waals surface area contributed by atoms with Gasteiger partial charge in [0.25, 0.3) is 0 Å². The Morgan fingerprint density at radius 1 is 1.43 bits per heavy atom. The second-order valence-corrected chi connectivity index (χ2v) is 6.99. The van der Waals surface area contributed by atoms with Crippen molar-refractivity contribution < 1.29 is 4.52 Å². The molecule has 21 heavy (non-hydrogen) atoms. The van der Waals surface area contributed by atoms with Crippen LogP contribution in [-0.4, -0.2) is 36.2 Å². The quantitative estimate of drug-likeness (QED) is 0.942. The highest BCUT2D eigenvalue weighted by molar-refractivity contribution is 7.13. The number of halogens is 1. The second-order valence-electron chi connectivity index (χ2n) is 6.05. The molecular weight excluding hydrogens is 306 g/mol. The Kier molecular flexibility index (Phi) is 4.36.